The molecule has 0 radical (unpaired) electrons. The van der Waals surface area contributed by atoms with E-state index in [1.165, 1.54) is 37.3 Å². The third kappa shape index (κ3) is 3.06. The summed E-state index contributed by atoms with van der Waals surface area (Å²) in [6, 6.07) is 7.29. The summed E-state index contributed by atoms with van der Waals surface area (Å²) in [6.45, 7) is 0.857. The van der Waals surface area contributed by atoms with Crippen molar-refractivity contribution in [3.63, 3.8) is 0 Å². The molecule has 8 nitrogen and oxygen atoms in total. The topological polar surface area (TPSA) is 125 Å². The number of hydrogen-bond donors (Lipinski definition) is 1. The van der Waals surface area contributed by atoms with Crippen LogP contribution in [0.15, 0.2) is 41.0 Å². The molecule has 2 amide bonds. The molecule has 0 atom stereocenters. The molecule has 1 aliphatic rings. The molecule has 0 fully saturated rings. The Bertz CT molecular complexity index is 815. The molecule has 1 aromatic rings. The van der Waals surface area contributed by atoms with E-state index in [2.05, 4.69) is 0 Å². The van der Waals surface area contributed by atoms with E-state index in [0.29, 0.717) is 5.56 Å². The van der Waals surface area contributed by atoms with Crippen LogP contribution in [0.3, 0.4) is 0 Å². The second-order valence-corrected chi connectivity index (χ2v) is 5.00. The normalized spacial score (nSPS) is 16.5. The summed E-state index contributed by atoms with van der Waals surface area (Å²) in [4.78, 5) is 35.5. The molecule has 0 unspecified atom stereocenters. The monoisotopic (exact) mass is 327 g/mol. The molecule has 24 heavy (non-hydrogen) atoms. The Morgan fingerprint density at radius 3 is 2.42 bits per heavy atom. The van der Waals surface area contributed by atoms with Crippen molar-refractivity contribution in [1.29, 1.82) is 5.26 Å². The molecule has 0 aromatic heterocycles. The van der Waals surface area contributed by atoms with E-state index in [9.17, 15) is 19.7 Å². The van der Waals surface area contributed by atoms with Gasteiger partial charge in [0, 0.05) is 17.7 Å². The van der Waals surface area contributed by atoms with E-state index in [1.54, 1.807) is 6.07 Å². The van der Waals surface area contributed by atoms with Crippen LogP contribution < -0.4 is 0 Å². The van der Waals surface area contributed by atoms with Crippen molar-refractivity contribution in [1.82, 2.24) is 4.90 Å². The van der Waals surface area contributed by atoms with Crippen LogP contribution >= 0.6 is 0 Å². The van der Waals surface area contributed by atoms with Crippen molar-refractivity contribution in [3.8, 4) is 6.07 Å². The summed E-state index contributed by atoms with van der Waals surface area (Å²) in [5.74, 6) is -1.36. The molecular weight excluding hydrogens is 314 g/mol. The lowest BCUT2D eigenvalue weighted by atomic mass is 9.93. The van der Waals surface area contributed by atoms with Gasteiger partial charge in [-0.1, -0.05) is 0 Å². The quantitative estimate of drug-likeness (QED) is 0.383. The number of imide groups is 1. The number of aliphatic hydroxyl groups excluding tert-OH is 1. The number of benzene rings is 1. The van der Waals surface area contributed by atoms with E-state index in [4.69, 9.17) is 10.4 Å². The van der Waals surface area contributed by atoms with Gasteiger partial charge in [-0.3, -0.25) is 24.6 Å². The third-order valence-electron chi connectivity index (χ3n) is 3.56. The maximum atomic E-state index is 12.5. The molecule has 0 spiro atoms. The number of nitriles is 1. The Hall–Kier alpha value is -3.31. The highest BCUT2D eigenvalue weighted by atomic mass is 16.6. The second kappa shape index (κ2) is 6.85. The fourth-order valence-electron chi connectivity index (χ4n) is 2.29. The van der Waals surface area contributed by atoms with Crippen LogP contribution in [0.25, 0.3) is 6.08 Å². The summed E-state index contributed by atoms with van der Waals surface area (Å²) in [5.41, 5.74) is 0.623. The summed E-state index contributed by atoms with van der Waals surface area (Å²) >= 11 is 0. The molecule has 122 valence electrons. The van der Waals surface area contributed by atoms with Crippen LogP contribution in [-0.4, -0.2) is 39.9 Å². The Balaban J connectivity index is 2.51. The first kappa shape index (κ1) is 17.1. The summed E-state index contributed by atoms with van der Waals surface area (Å²) in [7, 11) is 0. The number of aliphatic hydroxyl groups is 1. The molecule has 0 aliphatic carbocycles. The van der Waals surface area contributed by atoms with E-state index in [-0.39, 0.29) is 29.0 Å². The van der Waals surface area contributed by atoms with Gasteiger partial charge >= 0.3 is 0 Å². The number of carbonyl (C=O) groups is 2. The number of nitro groups is 1. The molecule has 2 rings (SSSR count). The smallest absolute Gasteiger partial charge is 0.271 e. The molecular formula is C16H13N3O5. The lowest BCUT2D eigenvalue weighted by Gasteiger charge is -2.26. The summed E-state index contributed by atoms with van der Waals surface area (Å²) in [5, 5.41) is 28.8. The fourth-order valence-corrected chi connectivity index (χ4v) is 2.29. The molecule has 1 N–H and O–H groups in total. The van der Waals surface area contributed by atoms with Gasteiger partial charge in [-0.05, 0) is 36.3 Å². The van der Waals surface area contributed by atoms with Crippen molar-refractivity contribution in [2.45, 2.75) is 6.92 Å². The molecule has 0 saturated heterocycles. The van der Waals surface area contributed by atoms with Gasteiger partial charge in [0.15, 0.2) is 0 Å². The maximum absolute atomic E-state index is 12.5. The highest BCUT2D eigenvalue weighted by Gasteiger charge is 2.34. The second-order valence-electron chi connectivity index (χ2n) is 5.00. The minimum atomic E-state index is -0.741. The fraction of sp³-hybridized carbons (Fsp3) is 0.188. The minimum Gasteiger partial charge on any atom is -0.395 e. The van der Waals surface area contributed by atoms with Gasteiger partial charge in [-0.25, -0.2) is 0 Å². The number of rotatable bonds is 4. The predicted octanol–water partition coefficient (Wildman–Crippen LogP) is 1.18. The van der Waals surface area contributed by atoms with E-state index < -0.39 is 23.3 Å². The third-order valence-corrected chi connectivity index (χ3v) is 3.56. The Kier molecular flexibility index (Phi) is 4.87. The Morgan fingerprint density at radius 2 is 1.92 bits per heavy atom. The zero-order chi connectivity index (χ0) is 17.9. The van der Waals surface area contributed by atoms with Crippen LogP contribution in [0.5, 0.6) is 0 Å². The van der Waals surface area contributed by atoms with Crippen molar-refractivity contribution >= 4 is 23.6 Å². The predicted molar refractivity (Wildman–Crippen MR) is 83.2 cm³/mol. The highest BCUT2D eigenvalue weighted by Crippen LogP contribution is 2.27. The minimum absolute atomic E-state index is 0.0887. The molecule has 1 heterocycles. The largest absolute Gasteiger partial charge is 0.395 e. The van der Waals surface area contributed by atoms with Crippen molar-refractivity contribution in [2.24, 2.45) is 0 Å². The Morgan fingerprint density at radius 1 is 1.29 bits per heavy atom. The first-order chi connectivity index (χ1) is 11.4. The van der Waals surface area contributed by atoms with Gasteiger partial charge in [0.2, 0.25) is 0 Å². The van der Waals surface area contributed by atoms with Crippen LogP contribution in [-0.2, 0) is 9.59 Å². The molecule has 1 aromatic carbocycles. The van der Waals surface area contributed by atoms with Gasteiger partial charge < -0.3 is 5.11 Å². The van der Waals surface area contributed by atoms with E-state index in [1.807, 2.05) is 0 Å². The zero-order valence-electron chi connectivity index (χ0n) is 12.7. The maximum Gasteiger partial charge on any atom is 0.271 e. The average molecular weight is 327 g/mol. The first-order valence-electron chi connectivity index (χ1n) is 6.95. The molecule has 8 heteroatoms. The van der Waals surface area contributed by atoms with Crippen molar-refractivity contribution < 1.29 is 19.6 Å². The van der Waals surface area contributed by atoms with Crippen LogP contribution in [0.2, 0.25) is 0 Å². The standard InChI is InChI=1S/C16H13N3O5/c1-10-13(8-11-2-4-12(5-3-11)19(23)24)15(21)18(6-7-20)16(22)14(10)9-17/h2-5,8,20H,6-7H2,1H3/b13-8+. The average Bonchev–Trinajstić information content (AvgIpc) is 2.56. The summed E-state index contributed by atoms with van der Waals surface area (Å²) in [6.07, 6.45) is 1.45. The number of non-ortho nitro benzene ring substituents is 1. The first-order valence-corrected chi connectivity index (χ1v) is 6.95. The number of β-amino-alcohol motifs (C(OH)–C–C–N with tert-alkyl or cyclic N) is 1. The molecule has 1 aliphatic heterocycles. The lowest BCUT2D eigenvalue weighted by Crippen LogP contribution is -2.44. The SMILES string of the molecule is CC1=C(C#N)C(=O)N(CCO)C(=O)/C1=C/c1ccc([N+](=O)[O-])cc1. The van der Waals surface area contributed by atoms with Crippen molar-refractivity contribution in [2.75, 3.05) is 13.2 Å². The number of nitrogens with zero attached hydrogens (tertiary/aromatic N) is 3. The summed E-state index contributed by atoms with van der Waals surface area (Å²) < 4.78 is 0. The van der Waals surface area contributed by atoms with Gasteiger partial charge in [-0.2, -0.15) is 5.26 Å². The van der Waals surface area contributed by atoms with Gasteiger partial charge in [0.1, 0.15) is 11.6 Å². The van der Waals surface area contributed by atoms with Gasteiger partial charge in [-0.15, -0.1) is 0 Å². The number of carbonyl (C=O) groups excluding carboxylic acids is 2. The molecule has 0 saturated carbocycles. The highest BCUT2D eigenvalue weighted by molar-refractivity contribution is 6.19. The van der Waals surface area contributed by atoms with E-state index in [0.717, 1.165) is 4.90 Å². The zero-order valence-corrected chi connectivity index (χ0v) is 12.7. The van der Waals surface area contributed by atoms with Gasteiger partial charge in [0.25, 0.3) is 17.5 Å². The van der Waals surface area contributed by atoms with Gasteiger partial charge in [0.05, 0.1) is 18.1 Å². The Labute approximate surface area is 137 Å². The lowest BCUT2D eigenvalue weighted by molar-refractivity contribution is -0.384. The van der Waals surface area contributed by atoms with Crippen LogP contribution in [0, 0.1) is 21.4 Å². The van der Waals surface area contributed by atoms with Crippen LogP contribution in [0.1, 0.15) is 12.5 Å². The number of hydrogen-bond acceptors (Lipinski definition) is 6. The van der Waals surface area contributed by atoms with Crippen molar-refractivity contribution in [3.05, 3.63) is 56.7 Å². The number of nitro benzene ring substituents is 1. The number of amides is 2. The molecule has 0 bridgehead atoms. The van der Waals surface area contributed by atoms with Crippen LogP contribution in [0.4, 0.5) is 5.69 Å². The van der Waals surface area contributed by atoms with E-state index >= 15 is 0 Å².